The average Bonchev–Trinajstić information content (AvgIpc) is 2.26. The van der Waals surface area contributed by atoms with Gasteiger partial charge < -0.3 is 5.11 Å². The Hall–Kier alpha value is -1.38. The Morgan fingerprint density at radius 2 is 1.80 bits per heavy atom. The highest BCUT2D eigenvalue weighted by molar-refractivity contribution is 5.83. The van der Waals surface area contributed by atoms with Gasteiger partial charge in [-0.2, -0.15) is 0 Å². The molecule has 0 unspecified atom stereocenters. The second-order valence-electron chi connectivity index (χ2n) is 3.77. The van der Waals surface area contributed by atoms with E-state index in [4.69, 9.17) is 5.11 Å². The molecule has 2 N–H and O–H groups in total. The summed E-state index contributed by atoms with van der Waals surface area (Å²) in [6, 6.07) is 12.8. The van der Waals surface area contributed by atoms with E-state index in [0.29, 0.717) is 6.54 Å². The molecule has 0 aromatic heterocycles. The van der Waals surface area contributed by atoms with Crippen LogP contribution in [-0.2, 0) is 6.54 Å². The van der Waals surface area contributed by atoms with Crippen molar-refractivity contribution in [3.05, 3.63) is 47.5 Å². The number of aryl methyl sites for hydroxylation is 1. The minimum absolute atomic E-state index is 0.0198. The fraction of sp³-hybridized carbons (Fsp3) is 0.231. The van der Waals surface area contributed by atoms with E-state index in [1.807, 2.05) is 0 Å². The number of benzene rings is 2. The van der Waals surface area contributed by atoms with Gasteiger partial charge in [-0.15, -0.1) is 0 Å². The summed E-state index contributed by atoms with van der Waals surface area (Å²) in [4.78, 5) is 0. The molecule has 78 valence electrons. The molecule has 0 amide bonds. The first kappa shape index (κ1) is 10.1. The van der Waals surface area contributed by atoms with Crippen molar-refractivity contribution >= 4 is 10.8 Å². The van der Waals surface area contributed by atoms with Crippen molar-refractivity contribution in [2.75, 3.05) is 6.73 Å². The van der Waals surface area contributed by atoms with Gasteiger partial charge >= 0.3 is 0 Å². The van der Waals surface area contributed by atoms with Gasteiger partial charge in [-0.05, 0) is 29.3 Å². The molecule has 2 aromatic carbocycles. The average molecular weight is 201 g/mol. The highest BCUT2D eigenvalue weighted by Crippen LogP contribution is 2.17. The monoisotopic (exact) mass is 201 g/mol. The third kappa shape index (κ3) is 2.35. The minimum Gasteiger partial charge on any atom is -0.381 e. The zero-order valence-electron chi connectivity index (χ0n) is 8.83. The maximum absolute atomic E-state index is 8.67. The lowest BCUT2D eigenvalue weighted by molar-refractivity contribution is 0.259. The summed E-state index contributed by atoms with van der Waals surface area (Å²) in [5, 5.41) is 14.1. The molecule has 0 radical (unpaired) electrons. The van der Waals surface area contributed by atoms with Gasteiger partial charge in [0.25, 0.3) is 0 Å². The van der Waals surface area contributed by atoms with Crippen molar-refractivity contribution in [3.63, 3.8) is 0 Å². The maximum Gasteiger partial charge on any atom is 0.0934 e. The minimum atomic E-state index is 0.0198. The molecular formula is C13H15NO. The quantitative estimate of drug-likeness (QED) is 0.746. The standard InChI is InChI=1S/C13H15NO/c1-10-2-4-13-7-11(8-14-9-15)3-5-12(13)6-10/h2-7,14-15H,8-9H2,1H3. The number of hydrogen-bond donors (Lipinski definition) is 2. The molecule has 0 saturated heterocycles. The van der Waals surface area contributed by atoms with Crippen LogP contribution >= 0.6 is 0 Å². The van der Waals surface area contributed by atoms with Crippen LogP contribution in [0.15, 0.2) is 36.4 Å². The molecule has 0 aliphatic rings. The Labute approximate surface area is 89.6 Å². The lowest BCUT2D eigenvalue weighted by Gasteiger charge is -2.04. The molecule has 0 saturated carbocycles. The van der Waals surface area contributed by atoms with Gasteiger partial charge in [0.15, 0.2) is 0 Å². The van der Waals surface area contributed by atoms with Gasteiger partial charge in [0.2, 0.25) is 0 Å². The summed E-state index contributed by atoms with van der Waals surface area (Å²) in [5.41, 5.74) is 2.48. The highest BCUT2D eigenvalue weighted by Gasteiger charge is 1.96. The van der Waals surface area contributed by atoms with Crippen LogP contribution in [0, 0.1) is 6.92 Å². The number of fused-ring (bicyclic) bond motifs is 1. The van der Waals surface area contributed by atoms with Gasteiger partial charge in [-0.1, -0.05) is 35.9 Å². The van der Waals surface area contributed by atoms with E-state index in [2.05, 4.69) is 48.6 Å². The Morgan fingerprint density at radius 1 is 1.07 bits per heavy atom. The molecule has 15 heavy (non-hydrogen) atoms. The summed E-state index contributed by atoms with van der Waals surface area (Å²) < 4.78 is 0. The van der Waals surface area contributed by atoms with E-state index in [-0.39, 0.29) is 6.73 Å². The van der Waals surface area contributed by atoms with Crippen molar-refractivity contribution in [1.82, 2.24) is 5.32 Å². The smallest absolute Gasteiger partial charge is 0.0934 e. The predicted octanol–water partition coefficient (Wildman–Crippen LogP) is 2.19. The van der Waals surface area contributed by atoms with Gasteiger partial charge in [0.05, 0.1) is 6.73 Å². The number of aliphatic hydroxyl groups is 1. The second kappa shape index (κ2) is 4.43. The first-order chi connectivity index (χ1) is 7.29. The van der Waals surface area contributed by atoms with Crippen LogP contribution in [0.1, 0.15) is 11.1 Å². The molecule has 2 heteroatoms. The van der Waals surface area contributed by atoms with Crippen molar-refractivity contribution in [3.8, 4) is 0 Å². The molecule has 2 nitrogen and oxygen atoms in total. The molecule has 0 aliphatic heterocycles. The first-order valence-electron chi connectivity index (χ1n) is 5.10. The van der Waals surface area contributed by atoms with Crippen molar-refractivity contribution in [1.29, 1.82) is 0 Å². The van der Waals surface area contributed by atoms with E-state index >= 15 is 0 Å². The third-order valence-corrected chi connectivity index (χ3v) is 2.50. The van der Waals surface area contributed by atoms with E-state index in [0.717, 1.165) is 0 Å². The molecular weight excluding hydrogens is 186 g/mol. The second-order valence-corrected chi connectivity index (χ2v) is 3.77. The first-order valence-corrected chi connectivity index (χ1v) is 5.10. The maximum atomic E-state index is 8.67. The van der Waals surface area contributed by atoms with Crippen molar-refractivity contribution in [2.24, 2.45) is 0 Å². The van der Waals surface area contributed by atoms with Crippen LogP contribution in [0.25, 0.3) is 10.8 Å². The van der Waals surface area contributed by atoms with Crippen molar-refractivity contribution in [2.45, 2.75) is 13.5 Å². The third-order valence-electron chi connectivity index (χ3n) is 2.50. The predicted molar refractivity (Wildman–Crippen MR) is 62.6 cm³/mol. The van der Waals surface area contributed by atoms with Crippen LogP contribution in [0.4, 0.5) is 0 Å². The lowest BCUT2D eigenvalue weighted by Crippen LogP contribution is -2.13. The Kier molecular flexibility index (Phi) is 2.99. The molecule has 0 spiro atoms. The molecule has 0 atom stereocenters. The molecule has 2 aromatic rings. The molecule has 2 rings (SSSR count). The summed E-state index contributed by atoms with van der Waals surface area (Å²) in [6.45, 7) is 2.83. The summed E-state index contributed by atoms with van der Waals surface area (Å²) >= 11 is 0. The zero-order chi connectivity index (χ0) is 10.7. The Balaban J connectivity index is 2.34. The normalized spacial score (nSPS) is 10.8. The molecule has 0 aliphatic carbocycles. The summed E-state index contributed by atoms with van der Waals surface area (Å²) in [5.74, 6) is 0. The van der Waals surface area contributed by atoms with Crippen LogP contribution in [0.3, 0.4) is 0 Å². The van der Waals surface area contributed by atoms with Gasteiger partial charge in [-0.3, -0.25) is 5.32 Å². The summed E-state index contributed by atoms with van der Waals surface area (Å²) in [7, 11) is 0. The number of nitrogens with one attached hydrogen (secondary N) is 1. The topological polar surface area (TPSA) is 32.3 Å². The van der Waals surface area contributed by atoms with Gasteiger partial charge in [-0.25, -0.2) is 0 Å². The van der Waals surface area contributed by atoms with Gasteiger partial charge in [0, 0.05) is 6.54 Å². The fourth-order valence-corrected chi connectivity index (χ4v) is 1.72. The number of hydrogen-bond acceptors (Lipinski definition) is 2. The Morgan fingerprint density at radius 3 is 2.60 bits per heavy atom. The SMILES string of the molecule is Cc1ccc2cc(CNCO)ccc2c1. The number of rotatable bonds is 3. The number of aliphatic hydroxyl groups excluding tert-OH is 1. The lowest BCUT2D eigenvalue weighted by atomic mass is 10.0. The van der Waals surface area contributed by atoms with E-state index in [1.54, 1.807) is 0 Å². The summed E-state index contributed by atoms with van der Waals surface area (Å²) in [6.07, 6.45) is 0. The van der Waals surface area contributed by atoms with Gasteiger partial charge in [0.1, 0.15) is 0 Å². The largest absolute Gasteiger partial charge is 0.381 e. The van der Waals surface area contributed by atoms with Crippen LogP contribution in [-0.4, -0.2) is 11.8 Å². The van der Waals surface area contributed by atoms with Crippen LogP contribution in [0.5, 0.6) is 0 Å². The Bertz CT molecular complexity index is 465. The van der Waals surface area contributed by atoms with Crippen molar-refractivity contribution < 1.29 is 5.11 Å². The molecule has 0 fully saturated rings. The zero-order valence-corrected chi connectivity index (χ0v) is 8.83. The van der Waals surface area contributed by atoms with Crippen LogP contribution < -0.4 is 5.32 Å². The van der Waals surface area contributed by atoms with Crippen LogP contribution in [0.2, 0.25) is 0 Å². The molecule has 0 bridgehead atoms. The molecule has 0 heterocycles. The van der Waals surface area contributed by atoms with E-state index in [1.165, 1.54) is 21.9 Å². The highest BCUT2D eigenvalue weighted by atomic mass is 16.3. The fourth-order valence-electron chi connectivity index (χ4n) is 1.72. The van der Waals surface area contributed by atoms with E-state index < -0.39 is 0 Å². The van der Waals surface area contributed by atoms with E-state index in [9.17, 15) is 0 Å².